The Balaban J connectivity index is 2.08. The molecule has 1 fully saturated rings. The molecule has 2 nitrogen and oxygen atoms in total. The van der Waals surface area contributed by atoms with Crippen LogP contribution < -0.4 is 5.73 Å². The molecular weight excluding hydrogens is 227 g/mol. The summed E-state index contributed by atoms with van der Waals surface area (Å²) in [6.45, 7) is 0. The number of pyridine rings is 1. The van der Waals surface area contributed by atoms with Crippen molar-refractivity contribution in [1.82, 2.24) is 4.98 Å². The lowest BCUT2D eigenvalue weighted by atomic mass is 9.78. The fraction of sp³-hybridized carbons (Fsp3) is 0.400. The van der Waals surface area contributed by atoms with Crippen molar-refractivity contribution in [2.24, 2.45) is 5.73 Å². The minimum absolute atomic E-state index is 0.155. The molecular formula is C15H17FN2. The van der Waals surface area contributed by atoms with Crippen LogP contribution in [0.25, 0.3) is 10.9 Å². The van der Waals surface area contributed by atoms with E-state index in [1.165, 1.54) is 0 Å². The van der Waals surface area contributed by atoms with Crippen molar-refractivity contribution in [3.05, 3.63) is 42.1 Å². The van der Waals surface area contributed by atoms with Gasteiger partial charge in [-0.1, -0.05) is 18.2 Å². The largest absolute Gasteiger partial charge is 0.328 e. The summed E-state index contributed by atoms with van der Waals surface area (Å²) in [6, 6.07) is 9.68. The van der Waals surface area contributed by atoms with Crippen LogP contribution in [0.4, 0.5) is 4.39 Å². The van der Waals surface area contributed by atoms with Gasteiger partial charge in [-0.05, 0) is 43.4 Å². The first kappa shape index (κ1) is 11.6. The van der Waals surface area contributed by atoms with Gasteiger partial charge in [0.1, 0.15) is 5.67 Å². The molecule has 0 bridgehead atoms. The quantitative estimate of drug-likeness (QED) is 0.836. The first-order chi connectivity index (χ1) is 8.69. The number of hydrogen-bond acceptors (Lipinski definition) is 2. The predicted molar refractivity (Wildman–Crippen MR) is 71.0 cm³/mol. The highest BCUT2D eigenvalue weighted by molar-refractivity contribution is 5.82. The van der Waals surface area contributed by atoms with E-state index in [9.17, 15) is 0 Å². The topological polar surface area (TPSA) is 38.9 Å². The van der Waals surface area contributed by atoms with Gasteiger partial charge in [0.2, 0.25) is 0 Å². The van der Waals surface area contributed by atoms with E-state index in [2.05, 4.69) is 4.98 Å². The monoisotopic (exact) mass is 244 g/mol. The van der Waals surface area contributed by atoms with E-state index >= 15 is 4.39 Å². The van der Waals surface area contributed by atoms with E-state index in [1.54, 1.807) is 6.20 Å². The van der Waals surface area contributed by atoms with Gasteiger partial charge in [-0.15, -0.1) is 0 Å². The minimum Gasteiger partial charge on any atom is -0.328 e. The van der Waals surface area contributed by atoms with Gasteiger partial charge in [0.05, 0.1) is 5.52 Å². The minimum atomic E-state index is -1.24. The predicted octanol–water partition coefficient (Wildman–Crippen LogP) is 3.30. The zero-order valence-corrected chi connectivity index (χ0v) is 10.3. The van der Waals surface area contributed by atoms with Crippen LogP contribution in [0, 0.1) is 0 Å². The lowest BCUT2D eigenvalue weighted by Crippen LogP contribution is -2.34. The molecule has 3 heteroatoms. The lowest BCUT2D eigenvalue weighted by molar-refractivity contribution is 0.0995. The summed E-state index contributed by atoms with van der Waals surface area (Å²) < 4.78 is 15.1. The van der Waals surface area contributed by atoms with E-state index in [-0.39, 0.29) is 6.04 Å². The zero-order chi connectivity index (χ0) is 12.6. The maximum atomic E-state index is 15.1. The summed E-state index contributed by atoms with van der Waals surface area (Å²) >= 11 is 0. The summed E-state index contributed by atoms with van der Waals surface area (Å²) in [6.07, 6.45) is 4.29. The summed E-state index contributed by atoms with van der Waals surface area (Å²) in [7, 11) is 0. The molecule has 0 radical (unpaired) electrons. The van der Waals surface area contributed by atoms with Crippen LogP contribution in [0.1, 0.15) is 31.2 Å². The van der Waals surface area contributed by atoms with Crippen LogP contribution in [-0.2, 0) is 5.67 Å². The standard InChI is InChI=1S/C15H17FN2/c16-15(8-6-11(17)7-9-15)13-4-1-5-14-12(13)3-2-10-18-14/h1-5,10-11H,6-9,17H2. The maximum Gasteiger partial charge on any atom is 0.136 e. The Morgan fingerprint density at radius 2 is 1.94 bits per heavy atom. The summed E-state index contributed by atoms with van der Waals surface area (Å²) in [5.74, 6) is 0. The normalized spacial score (nSPS) is 28.4. The van der Waals surface area contributed by atoms with Gasteiger partial charge in [0.25, 0.3) is 0 Å². The van der Waals surface area contributed by atoms with Gasteiger partial charge >= 0.3 is 0 Å². The van der Waals surface area contributed by atoms with Crippen LogP contribution >= 0.6 is 0 Å². The molecule has 1 saturated carbocycles. The smallest absolute Gasteiger partial charge is 0.136 e. The highest BCUT2D eigenvalue weighted by Crippen LogP contribution is 2.42. The number of hydrogen-bond donors (Lipinski definition) is 1. The Morgan fingerprint density at radius 3 is 2.72 bits per heavy atom. The molecule has 0 unspecified atom stereocenters. The third-order valence-electron chi connectivity index (χ3n) is 3.95. The van der Waals surface area contributed by atoms with Crippen LogP contribution in [-0.4, -0.2) is 11.0 Å². The van der Waals surface area contributed by atoms with Crippen LogP contribution in [0.15, 0.2) is 36.5 Å². The first-order valence-corrected chi connectivity index (χ1v) is 6.48. The molecule has 2 aromatic rings. The Kier molecular flexibility index (Phi) is 2.78. The fourth-order valence-electron chi connectivity index (χ4n) is 2.86. The number of halogens is 1. The Labute approximate surface area is 106 Å². The lowest BCUT2D eigenvalue weighted by Gasteiger charge is -2.33. The van der Waals surface area contributed by atoms with Gasteiger partial charge in [0.15, 0.2) is 0 Å². The van der Waals surface area contributed by atoms with Crippen molar-refractivity contribution >= 4 is 10.9 Å². The molecule has 0 saturated heterocycles. The molecule has 0 amide bonds. The van der Waals surface area contributed by atoms with E-state index < -0.39 is 5.67 Å². The van der Waals surface area contributed by atoms with Crippen molar-refractivity contribution in [2.45, 2.75) is 37.4 Å². The number of nitrogens with two attached hydrogens (primary N) is 1. The third kappa shape index (κ3) is 1.89. The number of aromatic nitrogens is 1. The molecule has 2 N–H and O–H groups in total. The number of benzene rings is 1. The summed E-state index contributed by atoms with van der Waals surface area (Å²) in [4.78, 5) is 4.29. The van der Waals surface area contributed by atoms with Gasteiger partial charge in [-0.25, -0.2) is 4.39 Å². The average Bonchev–Trinajstić information content (AvgIpc) is 2.42. The van der Waals surface area contributed by atoms with Crippen LogP contribution in [0.3, 0.4) is 0 Å². The Bertz CT molecular complexity index is 554. The van der Waals surface area contributed by atoms with E-state index in [0.717, 1.165) is 29.3 Å². The van der Waals surface area contributed by atoms with Gasteiger partial charge < -0.3 is 5.73 Å². The maximum absolute atomic E-state index is 15.1. The number of rotatable bonds is 1. The van der Waals surface area contributed by atoms with Gasteiger partial charge in [-0.3, -0.25) is 4.98 Å². The van der Waals surface area contributed by atoms with Crippen molar-refractivity contribution in [3.63, 3.8) is 0 Å². The molecule has 0 atom stereocenters. The Morgan fingerprint density at radius 1 is 1.17 bits per heavy atom. The molecule has 1 aromatic carbocycles. The fourth-order valence-corrected chi connectivity index (χ4v) is 2.86. The molecule has 94 valence electrons. The number of fused-ring (bicyclic) bond motifs is 1. The highest BCUT2D eigenvalue weighted by Gasteiger charge is 2.37. The second-order valence-corrected chi connectivity index (χ2v) is 5.18. The van der Waals surface area contributed by atoms with E-state index in [4.69, 9.17) is 5.73 Å². The van der Waals surface area contributed by atoms with Crippen molar-refractivity contribution in [3.8, 4) is 0 Å². The summed E-state index contributed by atoms with van der Waals surface area (Å²) in [5.41, 5.74) is 6.27. The van der Waals surface area contributed by atoms with E-state index in [1.807, 2.05) is 30.3 Å². The Hall–Kier alpha value is -1.48. The SMILES string of the molecule is NC1CCC(F)(c2cccc3ncccc23)CC1. The number of nitrogens with zero attached hydrogens (tertiary/aromatic N) is 1. The van der Waals surface area contributed by atoms with Gasteiger partial charge in [-0.2, -0.15) is 0 Å². The van der Waals surface area contributed by atoms with Crippen LogP contribution in [0.2, 0.25) is 0 Å². The summed E-state index contributed by atoms with van der Waals surface area (Å²) in [5, 5.41) is 0.929. The molecule has 1 aromatic heterocycles. The molecule has 3 rings (SSSR count). The average molecular weight is 244 g/mol. The van der Waals surface area contributed by atoms with Gasteiger partial charge in [0, 0.05) is 17.6 Å². The molecule has 0 aliphatic heterocycles. The molecule has 1 aliphatic rings. The zero-order valence-electron chi connectivity index (χ0n) is 10.3. The second-order valence-electron chi connectivity index (χ2n) is 5.18. The van der Waals surface area contributed by atoms with Crippen molar-refractivity contribution in [2.75, 3.05) is 0 Å². The van der Waals surface area contributed by atoms with Crippen molar-refractivity contribution in [1.29, 1.82) is 0 Å². The van der Waals surface area contributed by atoms with E-state index in [0.29, 0.717) is 12.8 Å². The molecule has 18 heavy (non-hydrogen) atoms. The molecule has 1 heterocycles. The molecule has 1 aliphatic carbocycles. The molecule has 0 spiro atoms. The van der Waals surface area contributed by atoms with Crippen LogP contribution in [0.5, 0.6) is 0 Å². The highest BCUT2D eigenvalue weighted by atomic mass is 19.1. The third-order valence-corrected chi connectivity index (χ3v) is 3.95. The first-order valence-electron chi connectivity index (χ1n) is 6.48. The second kappa shape index (κ2) is 4.32. The number of alkyl halides is 1. The van der Waals surface area contributed by atoms with Crippen molar-refractivity contribution < 1.29 is 4.39 Å².